The largest absolute Gasteiger partial charge is 0.467 e. The standard InChI is InChI=1S/C17H24N2O3S/c1-4-11-19-23(20,21)17(2,3)14-7-9-15(10-8-14)18-13-16-6-5-12-22-16/h5-10,12,18-19H,4,11,13H2,1-3H3. The number of hydrogen-bond acceptors (Lipinski definition) is 4. The Bertz CT molecular complexity index is 705. The van der Waals surface area contributed by atoms with E-state index in [1.165, 1.54) is 0 Å². The highest BCUT2D eigenvalue weighted by Gasteiger charge is 2.35. The Hall–Kier alpha value is -1.79. The fourth-order valence-corrected chi connectivity index (χ4v) is 3.44. The van der Waals surface area contributed by atoms with Gasteiger partial charge in [0, 0.05) is 12.2 Å². The van der Waals surface area contributed by atoms with Crippen molar-refractivity contribution in [1.82, 2.24) is 4.72 Å². The number of furan rings is 1. The van der Waals surface area contributed by atoms with Crippen LogP contribution in [0.2, 0.25) is 0 Å². The molecule has 1 aromatic heterocycles. The molecule has 0 fully saturated rings. The number of rotatable bonds is 8. The maximum absolute atomic E-state index is 12.4. The van der Waals surface area contributed by atoms with Crippen LogP contribution in [0.25, 0.3) is 0 Å². The first kappa shape index (κ1) is 17.6. The summed E-state index contributed by atoms with van der Waals surface area (Å²) in [5.74, 6) is 0.848. The molecule has 0 unspecified atom stereocenters. The van der Waals surface area contributed by atoms with E-state index in [4.69, 9.17) is 4.42 Å². The van der Waals surface area contributed by atoms with Crippen molar-refractivity contribution >= 4 is 15.7 Å². The summed E-state index contributed by atoms with van der Waals surface area (Å²) < 4.78 is 31.8. The van der Waals surface area contributed by atoms with E-state index in [0.29, 0.717) is 13.1 Å². The third-order valence-electron chi connectivity index (χ3n) is 3.84. The summed E-state index contributed by atoms with van der Waals surface area (Å²) in [6.45, 7) is 6.42. The molecule has 0 bridgehead atoms. The Morgan fingerprint density at radius 3 is 2.39 bits per heavy atom. The van der Waals surface area contributed by atoms with Crippen molar-refractivity contribution in [2.45, 2.75) is 38.5 Å². The third-order valence-corrected chi connectivity index (χ3v) is 6.00. The van der Waals surface area contributed by atoms with Gasteiger partial charge in [0.05, 0.1) is 12.8 Å². The van der Waals surface area contributed by atoms with E-state index in [-0.39, 0.29) is 0 Å². The van der Waals surface area contributed by atoms with Crippen molar-refractivity contribution in [1.29, 1.82) is 0 Å². The van der Waals surface area contributed by atoms with Crippen molar-refractivity contribution in [2.75, 3.05) is 11.9 Å². The molecule has 0 saturated carbocycles. The molecule has 1 heterocycles. The van der Waals surface area contributed by atoms with Crippen LogP contribution in [0.4, 0.5) is 5.69 Å². The zero-order valence-electron chi connectivity index (χ0n) is 13.8. The van der Waals surface area contributed by atoms with Crippen LogP contribution >= 0.6 is 0 Å². The molecule has 126 valence electrons. The first-order valence-corrected chi connectivity index (χ1v) is 9.21. The Morgan fingerprint density at radius 2 is 1.83 bits per heavy atom. The van der Waals surface area contributed by atoms with Gasteiger partial charge in [-0.1, -0.05) is 19.1 Å². The van der Waals surface area contributed by atoms with Gasteiger partial charge in [0.2, 0.25) is 10.0 Å². The van der Waals surface area contributed by atoms with Gasteiger partial charge < -0.3 is 9.73 Å². The minimum absolute atomic E-state index is 0.453. The van der Waals surface area contributed by atoms with Gasteiger partial charge in [-0.05, 0) is 50.1 Å². The SMILES string of the molecule is CCCNS(=O)(=O)C(C)(C)c1ccc(NCc2ccco2)cc1. The van der Waals surface area contributed by atoms with Gasteiger partial charge in [0.1, 0.15) is 10.5 Å². The Labute approximate surface area is 138 Å². The van der Waals surface area contributed by atoms with Crippen LogP contribution in [0.1, 0.15) is 38.5 Å². The van der Waals surface area contributed by atoms with Crippen molar-refractivity contribution < 1.29 is 12.8 Å². The summed E-state index contributed by atoms with van der Waals surface area (Å²) in [5, 5.41) is 3.24. The molecule has 0 aliphatic carbocycles. The molecule has 23 heavy (non-hydrogen) atoms. The molecular weight excluding hydrogens is 312 g/mol. The average molecular weight is 336 g/mol. The number of hydrogen-bond donors (Lipinski definition) is 2. The quantitative estimate of drug-likeness (QED) is 0.774. The lowest BCUT2D eigenvalue weighted by Crippen LogP contribution is -2.39. The van der Waals surface area contributed by atoms with Crippen LogP contribution in [-0.2, 0) is 21.3 Å². The van der Waals surface area contributed by atoms with Crippen LogP contribution < -0.4 is 10.0 Å². The van der Waals surface area contributed by atoms with Crippen LogP contribution in [-0.4, -0.2) is 15.0 Å². The predicted octanol–water partition coefficient (Wildman–Crippen LogP) is 3.46. The van der Waals surface area contributed by atoms with E-state index in [1.54, 1.807) is 20.1 Å². The number of nitrogens with one attached hydrogen (secondary N) is 2. The van der Waals surface area contributed by atoms with Crippen molar-refractivity contribution in [2.24, 2.45) is 0 Å². The van der Waals surface area contributed by atoms with E-state index in [0.717, 1.165) is 23.4 Å². The van der Waals surface area contributed by atoms with Crippen molar-refractivity contribution in [3.05, 3.63) is 54.0 Å². The van der Waals surface area contributed by atoms with Gasteiger partial charge in [-0.2, -0.15) is 0 Å². The van der Waals surface area contributed by atoms with Crippen molar-refractivity contribution in [3.8, 4) is 0 Å². The van der Waals surface area contributed by atoms with Gasteiger partial charge in [-0.25, -0.2) is 13.1 Å². The van der Waals surface area contributed by atoms with Crippen LogP contribution in [0, 0.1) is 0 Å². The van der Waals surface area contributed by atoms with E-state index in [1.807, 2.05) is 43.3 Å². The highest BCUT2D eigenvalue weighted by atomic mass is 32.2. The third kappa shape index (κ3) is 4.14. The predicted molar refractivity (Wildman–Crippen MR) is 92.7 cm³/mol. The maximum Gasteiger partial charge on any atom is 0.221 e. The summed E-state index contributed by atoms with van der Waals surface area (Å²) >= 11 is 0. The zero-order chi connectivity index (χ0) is 16.9. The molecule has 0 aliphatic rings. The van der Waals surface area contributed by atoms with Gasteiger partial charge in [-0.3, -0.25) is 0 Å². The summed E-state index contributed by atoms with van der Waals surface area (Å²) in [5.41, 5.74) is 1.67. The molecule has 0 spiro atoms. The van der Waals surface area contributed by atoms with Crippen LogP contribution in [0.3, 0.4) is 0 Å². The molecular formula is C17H24N2O3S. The molecule has 6 heteroatoms. The minimum atomic E-state index is -3.42. The Morgan fingerprint density at radius 1 is 1.13 bits per heavy atom. The number of anilines is 1. The second-order valence-electron chi connectivity index (χ2n) is 5.92. The topological polar surface area (TPSA) is 71.3 Å². The average Bonchev–Trinajstić information content (AvgIpc) is 3.04. The molecule has 0 radical (unpaired) electrons. The second kappa shape index (κ2) is 7.19. The maximum atomic E-state index is 12.4. The van der Waals surface area contributed by atoms with Gasteiger partial charge in [0.15, 0.2) is 0 Å². The monoisotopic (exact) mass is 336 g/mol. The molecule has 0 atom stereocenters. The molecule has 2 rings (SSSR count). The smallest absolute Gasteiger partial charge is 0.221 e. The lowest BCUT2D eigenvalue weighted by atomic mass is 10.0. The van der Waals surface area contributed by atoms with Gasteiger partial charge in [0.25, 0.3) is 0 Å². The molecule has 0 amide bonds. The molecule has 5 nitrogen and oxygen atoms in total. The lowest BCUT2D eigenvalue weighted by molar-refractivity contribution is 0.518. The first-order valence-electron chi connectivity index (χ1n) is 7.73. The molecule has 0 saturated heterocycles. The molecule has 2 N–H and O–H groups in total. The van der Waals surface area contributed by atoms with E-state index < -0.39 is 14.8 Å². The fourth-order valence-electron chi connectivity index (χ4n) is 2.16. The highest BCUT2D eigenvalue weighted by molar-refractivity contribution is 7.90. The molecule has 1 aromatic carbocycles. The number of benzene rings is 1. The minimum Gasteiger partial charge on any atom is -0.467 e. The molecule has 2 aromatic rings. The van der Waals surface area contributed by atoms with Crippen molar-refractivity contribution in [3.63, 3.8) is 0 Å². The summed E-state index contributed by atoms with van der Waals surface area (Å²) in [6.07, 6.45) is 2.40. The fraction of sp³-hybridized carbons (Fsp3) is 0.412. The molecule has 0 aliphatic heterocycles. The van der Waals surface area contributed by atoms with E-state index in [9.17, 15) is 8.42 Å². The van der Waals surface area contributed by atoms with Gasteiger partial charge in [-0.15, -0.1) is 0 Å². The lowest BCUT2D eigenvalue weighted by Gasteiger charge is -2.26. The Kier molecular flexibility index (Phi) is 5.49. The first-order chi connectivity index (χ1) is 10.9. The van der Waals surface area contributed by atoms with E-state index in [2.05, 4.69) is 10.0 Å². The van der Waals surface area contributed by atoms with Gasteiger partial charge >= 0.3 is 0 Å². The summed E-state index contributed by atoms with van der Waals surface area (Å²) in [6, 6.07) is 11.2. The van der Waals surface area contributed by atoms with Crippen LogP contribution in [0.15, 0.2) is 47.1 Å². The Balaban J connectivity index is 2.08. The van der Waals surface area contributed by atoms with E-state index >= 15 is 0 Å². The highest BCUT2D eigenvalue weighted by Crippen LogP contribution is 2.29. The number of sulfonamides is 1. The normalized spacial score (nSPS) is 12.3. The summed E-state index contributed by atoms with van der Waals surface area (Å²) in [4.78, 5) is 0. The summed E-state index contributed by atoms with van der Waals surface area (Å²) in [7, 11) is -3.42. The zero-order valence-corrected chi connectivity index (χ0v) is 14.6. The second-order valence-corrected chi connectivity index (χ2v) is 8.23. The van der Waals surface area contributed by atoms with Crippen LogP contribution in [0.5, 0.6) is 0 Å².